The minimum atomic E-state index is -0.306. The van der Waals surface area contributed by atoms with Crippen molar-refractivity contribution in [3.05, 3.63) is 51.8 Å². The molecule has 1 fully saturated rings. The van der Waals surface area contributed by atoms with Gasteiger partial charge >= 0.3 is 0 Å². The third kappa shape index (κ3) is 4.48. The predicted molar refractivity (Wildman–Crippen MR) is 118 cm³/mol. The number of nitrogens with one attached hydrogen (secondary N) is 1. The summed E-state index contributed by atoms with van der Waals surface area (Å²) in [5, 5.41) is 8.00. The van der Waals surface area contributed by atoms with Crippen LogP contribution in [0, 0.1) is 0 Å². The van der Waals surface area contributed by atoms with E-state index in [4.69, 9.17) is 16.3 Å². The summed E-state index contributed by atoms with van der Waals surface area (Å²) in [6.45, 7) is 4.34. The van der Waals surface area contributed by atoms with E-state index < -0.39 is 0 Å². The number of hydrogen-bond donors (Lipinski definition) is 1. The van der Waals surface area contributed by atoms with E-state index in [-0.39, 0.29) is 17.4 Å². The molecule has 0 radical (unpaired) electrons. The van der Waals surface area contributed by atoms with E-state index in [1.807, 2.05) is 47.8 Å². The molecule has 1 aromatic heterocycles. The Morgan fingerprint density at radius 2 is 2.00 bits per heavy atom. The van der Waals surface area contributed by atoms with Crippen LogP contribution < -0.4 is 5.32 Å². The van der Waals surface area contributed by atoms with Crippen molar-refractivity contribution in [1.82, 2.24) is 20.0 Å². The van der Waals surface area contributed by atoms with E-state index >= 15 is 0 Å². The zero-order valence-electron chi connectivity index (χ0n) is 18.1. The van der Waals surface area contributed by atoms with Crippen molar-refractivity contribution in [3.63, 3.8) is 0 Å². The molecule has 0 saturated carbocycles. The molecule has 0 aliphatic carbocycles. The highest BCUT2D eigenvalue weighted by Crippen LogP contribution is 2.37. The molecule has 1 saturated heterocycles. The smallest absolute Gasteiger partial charge is 0.272 e. The Balaban J connectivity index is 1.40. The summed E-state index contributed by atoms with van der Waals surface area (Å²) in [6.07, 6.45) is 3.44. The minimum Gasteiger partial charge on any atom is -0.370 e. The van der Waals surface area contributed by atoms with E-state index in [0.29, 0.717) is 49.8 Å². The van der Waals surface area contributed by atoms with Gasteiger partial charge in [0, 0.05) is 49.4 Å². The number of carbonyl (C=O) groups is 2. The predicted octanol–water partition coefficient (Wildman–Crippen LogP) is 2.89. The van der Waals surface area contributed by atoms with Gasteiger partial charge in [-0.1, -0.05) is 36.7 Å². The lowest BCUT2D eigenvalue weighted by atomic mass is 9.83. The molecular formula is C23H29ClN4O3. The van der Waals surface area contributed by atoms with Crippen molar-refractivity contribution < 1.29 is 14.3 Å². The van der Waals surface area contributed by atoms with Gasteiger partial charge in [0.2, 0.25) is 5.91 Å². The summed E-state index contributed by atoms with van der Waals surface area (Å²) in [5.41, 5.74) is 2.96. The molecule has 2 aromatic rings. The van der Waals surface area contributed by atoms with Crippen molar-refractivity contribution in [2.45, 2.75) is 51.2 Å². The number of rotatable bonds is 5. The Kier molecular flexibility index (Phi) is 6.34. The molecule has 4 rings (SSSR count). The Hall–Kier alpha value is -2.38. The third-order valence-electron chi connectivity index (χ3n) is 6.36. The van der Waals surface area contributed by atoms with Gasteiger partial charge in [-0.2, -0.15) is 5.10 Å². The number of fused-ring (bicyclic) bond motifs is 1. The fourth-order valence-electron chi connectivity index (χ4n) is 4.46. The molecule has 2 aliphatic rings. The third-order valence-corrected chi connectivity index (χ3v) is 6.73. The van der Waals surface area contributed by atoms with Crippen LogP contribution in [0.5, 0.6) is 0 Å². The average Bonchev–Trinajstić information content (AvgIpc) is 3.10. The van der Waals surface area contributed by atoms with Gasteiger partial charge in [-0.3, -0.25) is 14.3 Å². The Morgan fingerprint density at radius 1 is 1.26 bits per heavy atom. The largest absolute Gasteiger partial charge is 0.370 e. The van der Waals surface area contributed by atoms with Crippen LogP contribution in [0.3, 0.4) is 0 Å². The molecule has 2 aliphatic heterocycles. The van der Waals surface area contributed by atoms with Gasteiger partial charge in [0.05, 0.1) is 18.6 Å². The van der Waals surface area contributed by atoms with Gasteiger partial charge in [-0.25, -0.2) is 0 Å². The highest BCUT2D eigenvalue weighted by molar-refractivity contribution is 6.31. The Morgan fingerprint density at radius 3 is 2.71 bits per heavy atom. The van der Waals surface area contributed by atoms with Gasteiger partial charge in [-0.05, 0) is 30.9 Å². The average molecular weight is 445 g/mol. The van der Waals surface area contributed by atoms with Crippen LogP contribution in [0.1, 0.15) is 53.5 Å². The quantitative estimate of drug-likeness (QED) is 0.769. The summed E-state index contributed by atoms with van der Waals surface area (Å²) in [7, 11) is 1.89. The fourth-order valence-corrected chi connectivity index (χ4v) is 4.67. The van der Waals surface area contributed by atoms with Gasteiger partial charge < -0.3 is 15.0 Å². The number of likely N-dealkylation sites (tertiary alicyclic amines) is 1. The molecule has 1 N–H and O–H groups in total. The van der Waals surface area contributed by atoms with Crippen molar-refractivity contribution in [3.8, 4) is 0 Å². The number of amides is 2. The molecule has 1 spiro atoms. The summed E-state index contributed by atoms with van der Waals surface area (Å²) in [4.78, 5) is 27.1. The van der Waals surface area contributed by atoms with Crippen molar-refractivity contribution in [2.75, 3.05) is 19.6 Å². The van der Waals surface area contributed by atoms with Gasteiger partial charge in [0.25, 0.3) is 5.91 Å². The topological polar surface area (TPSA) is 76.5 Å². The number of aryl methyl sites for hydroxylation is 1. The lowest BCUT2D eigenvalue weighted by molar-refractivity contribution is -0.140. The standard InChI is InChI=1S/C23H29ClN4O3/c1-3-10-25-22(30)21-17-15-31-23(14-19(17)27(2)26-21)8-11-28(12-9-23)20(29)13-16-6-4-5-7-18(16)24/h4-7H,3,8-15H2,1-2H3,(H,25,30). The maximum atomic E-state index is 12.8. The van der Waals surface area contributed by atoms with Gasteiger partial charge in [0.1, 0.15) is 0 Å². The lowest BCUT2D eigenvalue weighted by Gasteiger charge is -2.44. The second kappa shape index (κ2) is 9.01. The van der Waals surface area contributed by atoms with Crippen LogP contribution in [-0.2, 0) is 36.0 Å². The van der Waals surface area contributed by atoms with E-state index in [9.17, 15) is 9.59 Å². The number of ether oxygens (including phenoxy) is 1. The SMILES string of the molecule is CCCNC(=O)c1nn(C)c2c1COC1(CCN(C(=O)Cc3ccccc3Cl)CC1)C2. The lowest BCUT2D eigenvalue weighted by Crippen LogP contribution is -2.51. The number of benzene rings is 1. The number of aromatic nitrogens is 2. The van der Waals surface area contributed by atoms with Crippen LogP contribution >= 0.6 is 11.6 Å². The number of piperidine rings is 1. The van der Waals surface area contributed by atoms with E-state index in [2.05, 4.69) is 10.4 Å². The molecule has 166 valence electrons. The molecule has 31 heavy (non-hydrogen) atoms. The highest BCUT2D eigenvalue weighted by Gasteiger charge is 2.42. The highest BCUT2D eigenvalue weighted by atomic mass is 35.5. The maximum Gasteiger partial charge on any atom is 0.272 e. The van der Waals surface area contributed by atoms with Crippen LogP contribution in [0.25, 0.3) is 0 Å². The number of carbonyl (C=O) groups excluding carboxylic acids is 2. The zero-order valence-corrected chi connectivity index (χ0v) is 18.9. The first-order chi connectivity index (χ1) is 14.9. The summed E-state index contributed by atoms with van der Waals surface area (Å²) >= 11 is 6.21. The van der Waals surface area contributed by atoms with Gasteiger partial charge in [-0.15, -0.1) is 0 Å². The summed E-state index contributed by atoms with van der Waals surface area (Å²) in [5.74, 6) is -0.0481. The van der Waals surface area contributed by atoms with E-state index in [0.717, 1.165) is 36.1 Å². The molecule has 1 aromatic carbocycles. The Labute approximate surface area is 187 Å². The monoisotopic (exact) mass is 444 g/mol. The first-order valence-electron chi connectivity index (χ1n) is 10.9. The molecule has 0 bridgehead atoms. The normalized spacial score (nSPS) is 17.5. The summed E-state index contributed by atoms with van der Waals surface area (Å²) in [6, 6.07) is 7.48. The second-order valence-electron chi connectivity index (χ2n) is 8.45. The second-order valence-corrected chi connectivity index (χ2v) is 8.86. The van der Waals surface area contributed by atoms with Crippen LogP contribution in [0.4, 0.5) is 0 Å². The molecule has 0 atom stereocenters. The van der Waals surface area contributed by atoms with E-state index in [1.54, 1.807) is 0 Å². The molecule has 2 amide bonds. The van der Waals surface area contributed by atoms with Crippen LogP contribution in [0.2, 0.25) is 5.02 Å². The first kappa shape index (κ1) is 21.8. The number of hydrogen-bond acceptors (Lipinski definition) is 4. The van der Waals surface area contributed by atoms with Crippen LogP contribution in [-0.4, -0.2) is 51.7 Å². The van der Waals surface area contributed by atoms with E-state index in [1.165, 1.54) is 0 Å². The van der Waals surface area contributed by atoms with Crippen molar-refractivity contribution >= 4 is 23.4 Å². The minimum absolute atomic E-state index is 0.0925. The molecule has 0 unspecified atom stereocenters. The van der Waals surface area contributed by atoms with Gasteiger partial charge in [0.15, 0.2) is 5.69 Å². The zero-order chi connectivity index (χ0) is 22.0. The number of nitrogens with zero attached hydrogens (tertiary/aromatic N) is 3. The van der Waals surface area contributed by atoms with Crippen molar-refractivity contribution in [1.29, 1.82) is 0 Å². The maximum absolute atomic E-state index is 12.8. The molecular weight excluding hydrogens is 416 g/mol. The fraction of sp³-hybridized carbons (Fsp3) is 0.522. The van der Waals surface area contributed by atoms with Crippen molar-refractivity contribution in [2.24, 2.45) is 7.05 Å². The first-order valence-corrected chi connectivity index (χ1v) is 11.3. The Bertz CT molecular complexity index is 979. The molecule has 3 heterocycles. The number of halogens is 1. The molecule has 8 heteroatoms. The van der Waals surface area contributed by atoms with Crippen LogP contribution in [0.15, 0.2) is 24.3 Å². The summed E-state index contributed by atoms with van der Waals surface area (Å²) < 4.78 is 8.13. The molecule has 7 nitrogen and oxygen atoms in total.